The third kappa shape index (κ3) is 7.38. The van der Waals surface area contributed by atoms with Crippen LogP contribution in [0.2, 0.25) is 5.02 Å². The number of ether oxygens (including phenoxy) is 1. The Kier molecular flexibility index (Phi) is 9.83. The Labute approximate surface area is 231 Å². The van der Waals surface area contributed by atoms with E-state index in [-0.39, 0.29) is 31.0 Å². The predicted octanol–water partition coefficient (Wildman–Crippen LogP) is 6.42. The van der Waals surface area contributed by atoms with Crippen LogP contribution >= 0.6 is 11.6 Å². The molecule has 0 saturated heterocycles. The van der Waals surface area contributed by atoms with Crippen molar-refractivity contribution in [3.63, 3.8) is 0 Å². The summed E-state index contributed by atoms with van der Waals surface area (Å²) in [7, 11) is 0. The van der Waals surface area contributed by atoms with Gasteiger partial charge in [0.05, 0.1) is 0 Å². The van der Waals surface area contributed by atoms with Crippen LogP contribution in [0.4, 0.5) is 0 Å². The van der Waals surface area contributed by atoms with Crippen LogP contribution in [0.15, 0.2) is 72.8 Å². The SMILES string of the molecule is Cc1cccc(OCC(=O)N(Cc2ccccc2Cl)[C@H](Cc2ccccc2)C(=O)NC2CCCCC2)c1C. The average molecular weight is 533 g/mol. The minimum absolute atomic E-state index is 0.132. The molecular formula is C32H37ClN2O3. The molecule has 0 aliphatic heterocycles. The fraction of sp³-hybridized carbons (Fsp3) is 0.375. The van der Waals surface area contributed by atoms with Crippen LogP contribution in [0.25, 0.3) is 0 Å². The van der Waals surface area contributed by atoms with Crippen LogP contribution in [0, 0.1) is 13.8 Å². The maximum atomic E-state index is 13.8. The lowest BCUT2D eigenvalue weighted by molar-refractivity contribution is -0.143. The summed E-state index contributed by atoms with van der Waals surface area (Å²) in [5, 5.41) is 3.82. The molecule has 1 fully saturated rings. The van der Waals surface area contributed by atoms with Crippen LogP contribution in [0.3, 0.4) is 0 Å². The van der Waals surface area contributed by atoms with Gasteiger partial charge in [-0.1, -0.05) is 91.5 Å². The molecule has 1 atom stereocenters. The molecule has 0 unspecified atom stereocenters. The van der Waals surface area contributed by atoms with Gasteiger partial charge in [-0.2, -0.15) is 0 Å². The number of carbonyl (C=O) groups excluding carboxylic acids is 2. The fourth-order valence-corrected chi connectivity index (χ4v) is 5.21. The van der Waals surface area contributed by atoms with Gasteiger partial charge in [0.25, 0.3) is 5.91 Å². The highest BCUT2D eigenvalue weighted by atomic mass is 35.5. The minimum Gasteiger partial charge on any atom is -0.483 e. The van der Waals surface area contributed by atoms with E-state index in [0.29, 0.717) is 17.2 Å². The molecule has 3 aromatic carbocycles. The normalized spacial score (nSPS) is 14.5. The number of hydrogen-bond acceptors (Lipinski definition) is 3. The van der Waals surface area contributed by atoms with Gasteiger partial charge in [0, 0.05) is 24.0 Å². The zero-order valence-electron chi connectivity index (χ0n) is 22.3. The van der Waals surface area contributed by atoms with E-state index >= 15 is 0 Å². The molecule has 1 saturated carbocycles. The summed E-state index contributed by atoms with van der Waals surface area (Å²) >= 11 is 6.51. The molecule has 2 amide bonds. The molecule has 1 aliphatic carbocycles. The van der Waals surface area contributed by atoms with Crippen molar-refractivity contribution in [3.05, 3.63) is 100 Å². The number of rotatable bonds is 10. The number of amides is 2. The lowest BCUT2D eigenvalue weighted by Crippen LogP contribution is -2.53. The molecule has 0 bridgehead atoms. The van der Waals surface area contributed by atoms with E-state index in [1.54, 1.807) is 11.0 Å². The van der Waals surface area contributed by atoms with Gasteiger partial charge in [-0.15, -0.1) is 0 Å². The largest absolute Gasteiger partial charge is 0.483 e. The molecule has 1 N–H and O–H groups in total. The van der Waals surface area contributed by atoms with Crippen LogP contribution in [-0.2, 0) is 22.6 Å². The topological polar surface area (TPSA) is 58.6 Å². The van der Waals surface area contributed by atoms with Gasteiger partial charge in [0.2, 0.25) is 5.91 Å². The number of aryl methyl sites for hydroxylation is 1. The third-order valence-corrected chi connectivity index (χ3v) is 7.80. The molecule has 0 heterocycles. The Morgan fingerprint density at radius 1 is 0.947 bits per heavy atom. The van der Waals surface area contributed by atoms with Gasteiger partial charge in [-0.25, -0.2) is 0 Å². The van der Waals surface area contributed by atoms with Gasteiger partial charge < -0.3 is 15.0 Å². The van der Waals surface area contributed by atoms with Gasteiger partial charge >= 0.3 is 0 Å². The van der Waals surface area contributed by atoms with Crippen molar-refractivity contribution in [2.45, 2.75) is 71.0 Å². The molecule has 0 spiro atoms. The lowest BCUT2D eigenvalue weighted by atomic mass is 9.94. The molecule has 1 aliphatic rings. The predicted molar refractivity (Wildman–Crippen MR) is 152 cm³/mol. The molecule has 0 radical (unpaired) electrons. The maximum Gasteiger partial charge on any atom is 0.261 e. The highest BCUT2D eigenvalue weighted by molar-refractivity contribution is 6.31. The quantitative estimate of drug-likeness (QED) is 0.327. The zero-order chi connectivity index (χ0) is 26.9. The van der Waals surface area contributed by atoms with Crippen molar-refractivity contribution in [2.75, 3.05) is 6.61 Å². The van der Waals surface area contributed by atoms with Crippen molar-refractivity contribution in [2.24, 2.45) is 0 Å². The summed E-state index contributed by atoms with van der Waals surface area (Å²) in [6.45, 7) is 4.03. The van der Waals surface area contributed by atoms with E-state index in [1.807, 2.05) is 80.6 Å². The second-order valence-corrected chi connectivity index (χ2v) is 10.6. The standard InChI is InChI=1S/C32H37ClN2O3/c1-23-12-11-19-30(24(23)2)38-22-31(36)35(21-26-15-9-10-18-28(26)33)29(20-25-13-5-3-6-14-25)32(37)34-27-16-7-4-8-17-27/h3,5-6,9-15,18-19,27,29H,4,7-8,16-17,20-22H2,1-2H3,(H,34,37)/t29-/m1/s1. The van der Waals surface area contributed by atoms with Gasteiger partial charge in [-0.05, 0) is 61.1 Å². The Morgan fingerprint density at radius 3 is 2.39 bits per heavy atom. The highest BCUT2D eigenvalue weighted by Gasteiger charge is 2.32. The first-order valence-corrected chi connectivity index (χ1v) is 13.9. The molecule has 3 aromatic rings. The van der Waals surface area contributed by atoms with Gasteiger partial charge in [-0.3, -0.25) is 9.59 Å². The number of nitrogens with zero attached hydrogens (tertiary/aromatic N) is 1. The number of nitrogens with one attached hydrogen (secondary N) is 1. The molecule has 200 valence electrons. The minimum atomic E-state index is -0.703. The van der Waals surface area contributed by atoms with Gasteiger partial charge in [0.15, 0.2) is 6.61 Å². The Hall–Kier alpha value is -3.31. The van der Waals surface area contributed by atoms with Crippen LogP contribution in [0.5, 0.6) is 5.75 Å². The fourth-order valence-electron chi connectivity index (χ4n) is 5.01. The average Bonchev–Trinajstić information content (AvgIpc) is 2.93. The molecule has 38 heavy (non-hydrogen) atoms. The lowest BCUT2D eigenvalue weighted by Gasteiger charge is -2.33. The first kappa shape index (κ1) is 27.7. The first-order valence-electron chi connectivity index (χ1n) is 13.5. The Balaban J connectivity index is 1.63. The summed E-state index contributed by atoms with van der Waals surface area (Å²) in [5.74, 6) is 0.278. The summed E-state index contributed by atoms with van der Waals surface area (Å²) in [6.07, 6.45) is 5.77. The third-order valence-electron chi connectivity index (χ3n) is 7.43. The summed E-state index contributed by atoms with van der Waals surface area (Å²) in [5.41, 5.74) is 3.87. The first-order chi connectivity index (χ1) is 18.4. The Bertz CT molecular complexity index is 1220. The van der Waals surface area contributed by atoms with E-state index in [9.17, 15) is 9.59 Å². The highest BCUT2D eigenvalue weighted by Crippen LogP contribution is 2.24. The molecule has 0 aromatic heterocycles. The van der Waals surface area contributed by atoms with Crippen LogP contribution in [0.1, 0.15) is 54.4 Å². The van der Waals surface area contributed by atoms with Crippen molar-refractivity contribution < 1.29 is 14.3 Å². The second-order valence-electron chi connectivity index (χ2n) is 10.1. The van der Waals surface area contributed by atoms with Crippen molar-refractivity contribution in [3.8, 4) is 5.75 Å². The maximum absolute atomic E-state index is 13.8. The van der Waals surface area contributed by atoms with Gasteiger partial charge in [0.1, 0.15) is 11.8 Å². The monoisotopic (exact) mass is 532 g/mol. The zero-order valence-corrected chi connectivity index (χ0v) is 23.0. The molecule has 6 heteroatoms. The molecular weight excluding hydrogens is 496 g/mol. The number of halogens is 1. The second kappa shape index (κ2) is 13.5. The number of carbonyl (C=O) groups is 2. The summed E-state index contributed by atoms with van der Waals surface area (Å²) in [4.78, 5) is 29.3. The van der Waals surface area contributed by atoms with Crippen molar-refractivity contribution in [1.29, 1.82) is 0 Å². The van der Waals surface area contributed by atoms with E-state index in [4.69, 9.17) is 16.3 Å². The summed E-state index contributed by atoms with van der Waals surface area (Å²) in [6, 6.07) is 22.5. The smallest absolute Gasteiger partial charge is 0.261 e. The van der Waals surface area contributed by atoms with E-state index < -0.39 is 6.04 Å². The van der Waals surface area contributed by atoms with Crippen LogP contribution < -0.4 is 10.1 Å². The van der Waals surface area contributed by atoms with E-state index in [2.05, 4.69) is 5.32 Å². The molecule has 4 rings (SSSR count). The Morgan fingerprint density at radius 2 is 1.66 bits per heavy atom. The summed E-state index contributed by atoms with van der Waals surface area (Å²) < 4.78 is 6.00. The number of hydrogen-bond donors (Lipinski definition) is 1. The molecule has 5 nitrogen and oxygen atoms in total. The van der Waals surface area contributed by atoms with Crippen molar-refractivity contribution in [1.82, 2.24) is 10.2 Å². The van der Waals surface area contributed by atoms with E-state index in [0.717, 1.165) is 47.9 Å². The van der Waals surface area contributed by atoms with E-state index in [1.165, 1.54) is 6.42 Å². The van der Waals surface area contributed by atoms with Crippen LogP contribution in [-0.4, -0.2) is 35.4 Å². The van der Waals surface area contributed by atoms with Crippen molar-refractivity contribution >= 4 is 23.4 Å². The number of benzene rings is 3.